The van der Waals surface area contributed by atoms with Crippen LogP contribution in [-0.2, 0) is 4.74 Å². The predicted octanol–water partition coefficient (Wildman–Crippen LogP) is 3.76. The minimum atomic E-state index is -0.445. The third-order valence-electron chi connectivity index (χ3n) is 4.51. The van der Waals surface area contributed by atoms with Crippen molar-refractivity contribution in [2.24, 2.45) is 0 Å². The topological polar surface area (TPSA) is 83.6 Å². The molecular weight excluding hydrogens is 386 g/mol. The van der Waals surface area contributed by atoms with E-state index in [1.165, 1.54) is 18.3 Å². The first-order chi connectivity index (χ1) is 13.6. The van der Waals surface area contributed by atoms with Gasteiger partial charge in [-0.2, -0.15) is 0 Å². The van der Waals surface area contributed by atoms with E-state index in [0.29, 0.717) is 31.1 Å². The summed E-state index contributed by atoms with van der Waals surface area (Å²) in [6.07, 6.45) is 2.68. The molecule has 1 saturated heterocycles. The summed E-state index contributed by atoms with van der Waals surface area (Å²) in [7, 11) is 0. The Balaban J connectivity index is 0.00000225. The molecule has 3 rings (SSSR count). The van der Waals surface area contributed by atoms with Crippen LogP contribution in [0, 0.1) is 5.82 Å². The van der Waals surface area contributed by atoms with E-state index in [2.05, 4.69) is 15.6 Å². The zero-order chi connectivity index (χ0) is 19.9. The Morgan fingerprint density at radius 1 is 1.20 bits per heavy atom. The zero-order valence-electron chi connectivity index (χ0n) is 16.2. The molecule has 0 spiro atoms. The summed E-state index contributed by atoms with van der Waals surface area (Å²) < 4.78 is 18.8. The molecule has 0 unspecified atom stereocenters. The number of carbonyl (C=O) groups excluding carboxylic acids is 2. The molecule has 2 heterocycles. The summed E-state index contributed by atoms with van der Waals surface area (Å²) in [5.74, 6) is -0.856. The fraction of sp³-hybridized carbons (Fsp3) is 0.381. The first-order valence-corrected chi connectivity index (χ1v) is 9.27. The van der Waals surface area contributed by atoms with Crippen LogP contribution in [0.4, 0.5) is 20.6 Å². The quantitative estimate of drug-likeness (QED) is 0.730. The van der Waals surface area contributed by atoms with E-state index >= 15 is 0 Å². The van der Waals surface area contributed by atoms with Crippen molar-refractivity contribution in [1.29, 1.82) is 0 Å². The average Bonchev–Trinajstić information content (AvgIpc) is 2.71. The van der Waals surface area contributed by atoms with Crippen LogP contribution in [0.5, 0.6) is 0 Å². The number of aromatic nitrogens is 1. The summed E-state index contributed by atoms with van der Waals surface area (Å²) in [6, 6.07) is 9.33. The lowest BCUT2D eigenvalue weighted by Crippen LogP contribution is -2.42. The van der Waals surface area contributed by atoms with E-state index in [-0.39, 0.29) is 33.7 Å². The SMILES string of the molecule is C.CCOC(=O)N1CCC(Nc2ccc(F)cc2NC(=O)c2ccccn2)CC1.[B]. The second kappa shape index (κ2) is 11.8. The summed E-state index contributed by atoms with van der Waals surface area (Å²) in [5.41, 5.74) is 1.23. The van der Waals surface area contributed by atoms with E-state index in [9.17, 15) is 14.0 Å². The number of piperidine rings is 1. The Labute approximate surface area is 178 Å². The van der Waals surface area contributed by atoms with Gasteiger partial charge in [-0.1, -0.05) is 13.5 Å². The van der Waals surface area contributed by atoms with Crippen molar-refractivity contribution in [3.63, 3.8) is 0 Å². The number of amides is 2. The van der Waals surface area contributed by atoms with E-state index < -0.39 is 11.7 Å². The fourth-order valence-electron chi connectivity index (χ4n) is 3.07. The molecule has 30 heavy (non-hydrogen) atoms. The number of pyridine rings is 1. The number of carbonyl (C=O) groups is 2. The van der Waals surface area contributed by atoms with Gasteiger partial charge in [-0.3, -0.25) is 9.78 Å². The molecule has 7 nitrogen and oxygen atoms in total. The van der Waals surface area contributed by atoms with E-state index in [1.54, 1.807) is 36.1 Å². The molecule has 1 fully saturated rings. The molecule has 0 bridgehead atoms. The molecule has 9 heteroatoms. The normalized spacial score (nSPS) is 13.5. The lowest BCUT2D eigenvalue weighted by Gasteiger charge is -2.32. The first-order valence-electron chi connectivity index (χ1n) is 9.27. The summed E-state index contributed by atoms with van der Waals surface area (Å²) >= 11 is 0. The summed E-state index contributed by atoms with van der Waals surface area (Å²) in [4.78, 5) is 29.9. The average molecular weight is 413 g/mol. The monoisotopic (exact) mass is 413 g/mol. The van der Waals surface area contributed by atoms with Gasteiger partial charge in [0, 0.05) is 33.7 Å². The van der Waals surface area contributed by atoms with Crippen molar-refractivity contribution in [1.82, 2.24) is 9.88 Å². The van der Waals surface area contributed by atoms with Crippen molar-refractivity contribution >= 4 is 31.8 Å². The van der Waals surface area contributed by atoms with Gasteiger partial charge in [0.05, 0.1) is 18.0 Å². The van der Waals surface area contributed by atoms with Crippen molar-refractivity contribution in [2.45, 2.75) is 33.2 Å². The first kappa shape index (κ1) is 24.9. The number of benzene rings is 1. The van der Waals surface area contributed by atoms with Gasteiger partial charge in [0.2, 0.25) is 0 Å². The molecular formula is C21H27BFN4O3. The van der Waals surface area contributed by atoms with Crippen molar-refractivity contribution in [2.75, 3.05) is 30.3 Å². The van der Waals surface area contributed by atoms with E-state index in [1.807, 2.05) is 0 Å². The Hall–Kier alpha value is -3.10. The van der Waals surface area contributed by atoms with Crippen LogP contribution in [0.1, 0.15) is 37.7 Å². The molecule has 1 aromatic carbocycles. The lowest BCUT2D eigenvalue weighted by molar-refractivity contribution is 0.0981. The van der Waals surface area contributed by atoms with Crippen LogP contribution >= 0.6 is 0 Å². The standard InChI is InChI=1S/C20H23FN4O3.CH4.B/c1-2-28-20(27)25-11-8-15(9-12-25)23-16-7-6-14(21)13-18(16)24-19(26)17-5-3-4-10-22-17;;/h3-7,10,13,15,23H,2,8-9,11-12H2,1H3,(H,24,26);1H4;. The fourth-order valence-corrected chi connectivity index (χ4v) is 3.07. The Bertz CT molecular complexity index is 830. The van der Waals surface area contributed by atoms with Crippen LogP contribution in [0.15, 0.2) is 42.6 Å². The zero-order valence-corrected chi connectivity index (χ0v) is 16.2. The molecule has 0 atom stereocenters. The Morgan fingerprint density at radius 2 is 1.93 bits per heavy atom. The van der Waals surface area contributed by atoms with Gasteiger partial charge in [-0.15, -0.1) is 0 Å². The largest absolute Gasteiger partial charge is 0.450 e. The van der Waals surface area contributed by atoms with Crippen molar-refractivity contribution in [3.8, 4) is 0 Å². The maximum atomic E-state index is 13.7. The number of likely N-dealkylation sites (tertiary alicyclic amines) is 1. The molecule has 0 saturated carbocycles. The highest BCUT2D eigenvalue weighted by Gasteiger charge is 2.24. The highest BCUT2D eigenvalue weighted by Crippen LogP contribution is 2.26. The molecule has 1 aliphatic heterocycles. The van der Waals surface area contributed by atoms with Gasteiger partial charge in [0.15, 0.2) is 0 Å². The Morgan fingerprint density at radius 3 is 2.57 bits per heavy atom. The van der Waals surface area contributed by atoms with Crippen molar-refractivity contribution < 1.29 is 18.7 Å². The van der Waals surface area contributed by atoms with Crippen LogP contribution in [0.2, 0.25) is 0 Å². The summed E-state index contributed by atoms with van der Waals surface area (Å²) in [6.45, 7) is 3.29. The predicted molar refractivity (Wildman–Crippen MR) is 116 cm³/mol. The minimum Gasteiger partial charge on any atom is -0.450 e. The number of hydrogen-bond donors (Lipinski definition) is 2. The molecule has 2 N–H and O–H groups in total. The number of nitrogens with one attached hydrogen (secondary N) is 2. The smallest absolute Gasteiger partial charge is 0.409 e. The van der Waals surface area contributed by atoms with Gasteiger partial charge in [-0.05, 0) is 50.1 Å². The van der Waals surface area contributed by atoms with Crippen LogP contribution in [-0.4, -0.2) is 56.0 Å². The van der Waals surface area contributed by atoms with Crippen LogP contribution < -0.4 is 10.6 Å². The van der Waals surface area contributed by atoms with Gasteiger partial charge in [0.1, 0.15) is 11.5 Å². The number of nitrogens with zero attached hydrogens (tertiary/aromatic N) is 2. The molecule has 1 aliphatic rings. The lowest BCUT2D eigenvalue weighted by atomic mass is 10.0. The highest BCUT2D eigenvalue weighted by atomic mass is 19.1. The maximum Gasteiger partial charge on any atom is 0.409 e. The molecule has 1 aromatic heterocycles. The van der Waals surface area contributed by atoms with Crippen molar-refractivity contribution in [3.05, 3.63) is 54.1 Å². The second-order valence-electron chi connectivity index (χ2n) is 6.46. The van der Waals surface area contributed by atoms with E-state index in [4.69, 9.17) is 4.74 Å². The highest BCUT2D eigenvalue weighted by molar-refractivity contribution is 6.04. The third-order valence-corrected chi connectivity index (χ3v) is 4.51. The number of anilines is 2. The second-order valence-corrected chi connectivity index (χ2v) is 6.46. The number of rotatable bonds is 5. The van der Waals surface area contributed by atoms with Crippen LogP contribution in [0.25, 0.3) is 0 Å². The Kier molecular flexibility index (Phi) is 9.81. The van der Waals surface area contributed by atoms with Crippen LogP contribution in [0.3, 0.4) is 0 Å². The van der Waals surface area contributed by atoms with Gasteiger partial charge >= 0.3 is 6.09 Å². The number of halogens is 1. The third kappa shape index (κ3) is 6.47. The molecule has 2 amide bonds. The molecule has 3 radical (unpaired) electrons. The number of hydrogen-bond acceptors (Lipinski definition) is 5. The van der Waals surface area contributed by atoms with E-state index in [0.717, 1.165) is 12.8 Å². The van der Waals surface area contributed by atoms with Gasteiger partial charge < -0.3 is 20.3 Å². The summed E-state index contributed by atoms with van der Waals surface area (Å²) in [5, 5.41) is 6.06. The number of ether oxygens (including phenoxy) is 1. The molecule has 2 aromatic rings. The molecule has 0 aliphatic carbocycles. The molecule has 159 valence electrons. The maximum absolute atomic E-state index is 13.7. The minimum absolute atomic E-state index is 0. The van der Waals surface area contributed by atoms with Gasteiger partial charge in [0.25, 0.3) is 5.91 Å². The van der Waals surface area contributed by atoms with Gasteiger partial charge in [-0.25, -0.2) is 9.18 Å².